The molecule has 0 spiro atoms. The highest BCUT2D eigenvalue weighted by molar-refractivity contribution is 7.89. The average Bonchev–Trinajstić information content (AvgIpc) is 3.00. The lowest BCUT2D eigenvalue weighted by Crippen LogP contribution is -2.40. The summed E-state index contributed by atoms with van der Waals surface area (Å²) < 4.78 is 33.3. The molecule has 21 heavy (non-hydrogen) atoms. The Morgan fingerprint density at radius 2 is 2.24 bits per heavy atom. The van der Waals surface area contributed by atoms with Gasteiger partial charge in [0.1, 0.15) is 0 Å². The molecular formula is C15H22N2O3S. The fourth-order valence-electron chi connectivity index (χ4n) is 3.00. The van der Waals surface area contributed by atoms with Crippen LogP contribution in [0.1, 0.15) is 31.7 Å². The summed E-state index contributed by atoms with van der Waals surface area (Å²) in [6.45, 7) is 3.54. The van der Waals surface area contributed by atoms with E-state index in [2.05, 4.69) is 10.0 Å². The van der Waals surface area contributed by atoms with E-state index in [1.807, 2.05) is 13.0 Å². The fourth-order valence-corrected chi connectivity index (χ4v) is 4.33. The Kier molecular flexibility index (Phi) is 4.19. The predicted octanol–water partition coefficient (Wildman–Crippen LogP) is 1.89. The third kappa shape index (κ3) is 3.22. The highest BCUT2D eigenvalue weighted by Crippen LogP contribution is 2.25. The van der Waals surface area contributed by atoms with E-state index >= 15 is 0 Å². The van der Waals surface area contributed by atoms with Crippen LogP contribution in [0.3, 0.4) is 0 Å². The minimum atomic E-state index is -3.49. The first-order valence-electron chi connectivity index (χ1n) is 7.57. The maximum Gasteiger partial charge on any atom is 0.240 e. The molecular weight excluding hydrogens is 288 g/mol. The molecule has 3 rings (SSSR count). The predicted molar refractivity (Wildman–Crippen MR) is 82.0 cm³/mol. The number of ether oxygens (including phenoxy) is 1. The molecule has 6 heteroatoms. The van der Waals surface area contributed by atoms with Crippen LogP contribution in [0.5, 0.6) is 0 Å². The summed E-state index contributed by atoms with van der Waals surface area (Å²) in [5.41, 5.74) is 2.13. The zero-order valence-corrected chi connectivity index (χ0v) is 13.1. The van der Waals surface area contributed by atoms with E-state index in [1.54, 1.807) is 12.1 Å². The number of hydrogen-bond donors (Lipinski definition) is 2. The van der Waals surface area contributed by atoms with Crippen molar-refractivity contribution >= 4 is 15.7 Å². The number of fused-ring (bicyclic) bond motifs is 1. The summed E-state index contributed by atoms with van der Waals surface area (Å²) >= 11 is 0. The zero-order chi connectivity index (χ0) is 14.9. The van der Waals surface area contributed by atoms with Crippen LogP contribution in [0.4, 0.5) is 5.69 Å². The molecule has 2 unspecified atom stereocenters. The van der Waals surface area contributed by atoms with Crippen molar-refractivity contribution in [2.45, 2.75) is 49.6 Å². The second kappa shape index (κ2) is 5.94. The van der Waals surface area contributed by atoms with Crippen molar-refractivity contribution in [2.75, 3.05) is 18.5 Å². The van der Waals surface area contributed by atoms with Crippen molar-refractivity contribution in [1.29, 1.82) is 0 Å². The van der Waals surface area contributed by atoms with E-state index in [0.717, 1.165) is 50.1 Å². The second-order valence-corrected chi connectivity index (χ2v) is 7.52. The molecule has 2 aliphatic rings. The number of hydrogen-bond acceptors (Lipinski definition) is 4. The van der Waals surface area contributed by atoms with E-state index < -0.39 is 10.0 Å². The van der Waals surface area contributed by atoms with Crippen molar-refractivity contribution < 1.29 is 13.2 Å². The molecule has 2 heterocycles. The number of rotatable bonds is 4. The molecule has 2 N–H and O–H groups in total. The van der Waals surface area contributed by atoms with Gasteiger partial charge in [-0.05, 0) is 56.4 Å². The number of anilines is 1. The third-order valence-electron chi connectivity index (χ3n) is 4.19. The van der Waals surface area contributed by atoms with Gasteiger partial charge in [-0.1, -0.05) is 0 Å². The van der Waals surface area contributed by atoms with Gasteiger partial charge in [0.2, 0.25) is 10.0 Å². The average molecular weight is 310 g/mol. The summed E-state index contributed by atoms with van der Waals surface area (Å²) in [6, 6.07) is 5.11. The molecule has 0 amide bonds. The van der Waals surface area contributed by atoms with Crippen LogP contribution in [0.25, 0.3) is 0 Å². The van der Waals surface area contributed by atoms with Crippen molar-refractivity contribution in [1.82, 2.24) is 4.72 Å². The second-order valence-electron chi connectivity index (χ2n) is 5.81. The van der Waals surface area contributed by atoms with Gasteiger partial charge >= 0.3 is 0 Å². The van der Waals surface area contributed by atoms with Crippen LogP contribution < -0.4 is 10.0 Å². The Hall–Kier alpha value is -1.11. The number of sulfonamides is 1. The van der Waals surface area contributed by atoms with Gasteiger partial charge in [0.05, 0.1) is 11.0 Å². The highest BCUT2D eigenvalue weighted by atomic mass is 32.2. The van der Waals surface area contributed by atoms with Crippen LogP contribution in [-0.4, -0.2) is 33.7 Å². The van der Waals surface area contributed by atoms with E-state index in [9.17, 15) is 8.42 Å². The lowest BCUT2D eigenvalue weighted by Gasteiger charge is -2.22. The molecule has 0 radical (unpaired) electrons. The summed E-state index contributed by atoms with van der Waals surface area (Å²) in [4.78, 5) is 0.342. The topological polar surface area (TPSA) is 67.4 Å². The molecule has 1 aromatic rings. The van der Waals surface area contributed by atoms with Gasteiger partial charge in [-0.25, -0.2) is 13.1 Å². The minimum Gasteiger partial charge on any atom is -0.385 e. The Morgan fingerprint density at radius 1 is 1.38 bits per heavy atom. The first kappa shape index (κ1) is 14.8. The first-order chi connectivity index (χ1) is 10.1. The van der Waals surface area contributed by atoms with E-state index in [4.69, 9.17) is 4.74 Å². The zero-order valence-electron chi connectivity index (χ0n) is 12.3. The fraction of sp³-hybridized carbons (Fsp3) is 0.600. The summed E-state index contributed by atoms with van der Waals surface area (Å²) in [7, 11) is -3.49. The highest BCUT2D eigenvalue weighted by Gasteiger charge is 2.27. The van der Waals surface area contributed by atoms with Gasteiger partial charge in [-0.2, -0.15) is 0 Å². The van der Waals surface area contributed by atoms with Crippen molar-refractivity contribution in [3.63, 3.8) is 0 Å². The summed E-state index contributed by atoms with van der Waals surface area (Å²) in [5.74, 6) is 0. The van der Waals surface area contributed by atoms with Crippen LogP contribution in [0, 0.1) is 0 Å². The minimum absolute atomic E-state index is 0.0148. The normalized spacial score (nSPS) is 23.4. The quantitative estimate of drug-likeness (QED) is 0.891. The van der Waals surface area contributed by atoms with Gasteiger partial charge < -0.3 is 10.1 Å². The lowest BCUT2D eigenvalue weighted by atomic mass is 10.0. The van der Waals surface area contributed by atoms with Gasteiger partial charge in [-0.15, -0.1) is 0 Å². The van der Waals surface area contributed by atoms with Gasteiger partial charge in [0.25, 0.3) is 0 Å². The molecule has 116 valence electrons. The molecule has 0 aromatic heterocycles. The Balaban J connectivity index is 1.77. The smallest absolute Gasteiger partial charge is 0.240 e. The SMILES string of the molecule is CC(NS(=O)(=O)c1ccc2c(c1)CCCN2)C1CCCO1. The Morgan fingerprint density at radius 3 is 3.00 bits per heavy atom. The van der Waals surface area contributed by atoms with Gasteiger partial charge in [-0.3, -0.25) is 0 Å². The van der Waals surface area contributed by atoms with Crippen molar-refractivity contribution in [2.24, 2.45) is 0 Å². The Bertz CT molecular complexity index is 609. The molecule has 2 atom stereocenters. The third-order valence-corrected chi connectivity index (χ3v) is 5.75. The molecule has 0 bridgehead atoms. The van der Waals surface area contributed by atoms with Crippen LogP contribution >= 0.6 is 0 Å². The molecule has 0 saturated carbocycles. The summed E-state index contributed by atoms with van der Waals surface area (Å²) in [6.07, 6.45) is 3.86. The number of aryl methyl sites for hydroxylation is 1. The maximum atomic E-state index is 12.5. The maximum absolute atomic E-state index is 12.5. The largest absolute Gasteiger partial charge is 0.385 e. The number of nitrogens with one attached hydrogen (secondary N) is 2. The van der Waals surface area contributed by atoms with Crippen LogP contribution in [0.2, 0.25) is 0 Å². The number of benzene rings is 1. The molecule has 0 aliphatic carbocycles. The Labute approximate surface area is 126 Å². The molecule has 1 aromatic carbocycles. The van der Waals surface area contributed by atoms with E-state index in [-0.39, 0.29) is 12.1 Å². The van der Waals surface area contributed by atoms with Crippen LogP contribution in [-0.2, 0) is 21.2 Å². The van der Waals surface area contributed by atoms with Crippen molar-refractivity contribution in [3.8, 4) is 0 Å². The monoisotopic (exact) mass is 310 g/mol. The van der Waals surface area contributed by atoms with E-state index in [0.29, 0.717) is 4.90 Å². The molecule has 1 fully saturated rings. The van der Waals surface area contributed by atoms with Crippen LogP contribution in [0.15, 0.2) is 23.1 Å². The standard InChI is InChI=1S/C15H22N2O3S/c1-11(15-5-3-9-20-15)17-21(18,19)13-6-7-14-12(10-13)4-2-8-16-14/h6-7,10-11,15-17H,2-5,8-9H2,1H3. The molecule has 1 saturated heterocycles. The first-order valence-corrected chi connectivity index (χ1v) is 9.05. The molecule has 2 aliphatic heterocycles. The van der Waals surface area contributed by atoms with E-state index in [1.165, 1.54) is 0 Å². The molecule has 5 nitrogen and oxygen atoms in total. The lowest BCUT2D eigenvalue weighted by molar-refractivity contribution is 0.0902. The van der Waals surface area contributed by atoms with Gasteiger partial charge in [0, 0.05) is 24.9 Å². The van der Waals surface area contributed by atoms with Crippen molar-refractivity contribution in [3.05, 3.63) is 23.8 Å². The summed E-state index contributed by atoms with van der Waals surface area (Å²) in [5, 5.41) is 3.29. The van der Waals surface area contributed by atoms with Gasteiger partial charge in [0.15, 0.2) is 0 Å².